The molecule has 0 fully saturated rings. The van der Waals surface area contributed by atoms with E-state index in [9.17, 15) is 13.2 Å². The fraction of sp³-hybridized carbons (Fsp3) is 0. The Morgan fingerprint density at radius 3 is 2.57 bits per heavy atom. The first-order valence-electron chi connectivity index (χ1n) is 5.39. The summed E-state index contributed by atoms with van der Waals surface area (Å²) < 4.78 is 26.4. The quantitative estimate of drug-likeness (QED) is 0.888. The molecule has 0 aliphatic carbocycles. The maximum Gasteiger partial charge on any atom is 0.337 e. The van der Waals surface area contributed by atoms with Gasteiger partial charge in [0.05, 0.1) is 16.3 Å². The molecule has 0 aliphatic rings. The molecule has 2 rings (SSSR count). The maximum absolute atomic E-state index is 12.1. The van der Waals surface area contributed by atoms with E-state index in [1.54, 1.807) is 0 Å². The van der Waals surface area contributed by atoms with Crippen LogP contribution < -0.4 is 4.72 Å². The predicted octanol–water partition coefficient (Wildman–Crippen LogP) is 2.77. The number of rotatable bonds is 4. The number of aromatic carboxylic acids is 1. The summed E-state index contributed by atoms with van der Waals surface area (Å²) in [6, 6.07) is 8.29. The van der Waals surface area contributed by atoms with Crippen molar-refractivity contribution in [2.45, 2.75) is 4.21 Å². The Labute approximate surface area is 129 Å². The molecule has 108 valence electrons. The van der Waals surface area contributed by atoms with Crippen LogP contribution in [0.25, 0.3) is 0 Å². The smallest absolute Gasteiger partial charge is 0.337 e. The molecule has 0 saturated carbocycles. The predicted molar refractivity (Wildman–Crippen MR) is 78.3 cm³/mol. The van der Waals surface area contributed by atoms with E-state index < -0.39 is 16.0 Å². The minimum Gasteiger partial charge on any atom is -0.478 e. The number of nitriles is 1. The average molecular weight is 343 g/mol. The third-order valence-corrected chi connectivity index (χ3v) is 5.58. The summed E-state index contributed by atoms with van der Waals surface area (Å²) in [7, 11) is -3.84. The van der Waals surface area contributed by atoms with E-state index in [2.05, 4.69) is 4.72 Å². The first kappa shape index (κ1) is 15.3. The standard InChI is InChI=1S/C12H7ClN2O4S2/c13-10-5-7(1-3-9(10)12(16)17)15-21(18,19)11-4-2-8(6-14)20-11/h1-5,15H,(H,16,17). The molecule has 0 unspecified atom stereocenters. The highest BCUT2D eigenvalue weighted by atomic mass is 35.5. The number of carboxylic acids is 1. The summed E-state index contributed by atoms with van der Waals surface area (Å²) in [5.74, 6) is -1.20. The minimum atomic E-state index is -3.84. The lowest BCUT2D eigenvalue weighted by Crippen LogP contribution is -2.11. The zero-order valence-electron chi connectivity index (χ0n) is 10.2. The van der Waals surface area contributed by atoms with Gasteiger partial charge in [0, 0.05) is 0 Å². The molecule has 0 amide bonds. The molecule has 1 aromatic heterocycles. The van der Waals surface area contributed by atoms with Gasteiger partial charge in [-0.3, -0.25) is 4.72 Å². The number of carbonyl (C=O) groups is 1. The summed E-state index contributed by atoms with van der Waals surface area (Å²) in [5, 5.41) is 17.5. The van der Waals surface area contributed by atoms with E-state index >= 15 is 0 Å². The molecule has 0 spiro atoms. The lowest BCUT2D eigenvalue weighted by molar-refractivity contribution is 0.0697. The summed E-state index contributed by atoms with van der Waals surface area (Å²) in [4.78, 5) is 11.1. The fourth-order valence-electron chi connectivity index (χ4n) is 1.48. The third kappa shape index (κ3) is 3.33. The number of halogens is 1. The van der Waals surface area contributed by atoms with Gasteiger partial charge in [-0.25, -0.2) is 13.2 Å². The van der Waals surface area contributed by atoms with Crippen LogP contribution in [0, 0.1) is 11.3 Å². The van der Waals surface area contributed by atoms with Gasteiger partial charge in [-0.2, -0.15) is 5.26 Å². The zero-order chi connectivity index (χ0) is 15.6. The van der Waals surface area contributed by atoms with Crippen LogP contribution in [0.1, 0.15) is 15.2 Å². The number of sulfonamides is 1. The van der Waals surface area contributed by atoms with Gasteiger partial charge in [-0.1, -0.05) is 11.6 Å². The van der Waals surface area contributed by atoms with Gasteiger partial charge in [0.25, 0.3) is 10.0 Å². The Morgan fingerprint density at radius 1 is 1.33 bits per heavy atom. The van der Waals surface area contributed by atoms with Gasteiger partial charge in [0.15, 0.2) is 0 Å². The number of anilines is 1. The number of carboxylic acid groups (broad SMARTS) is 1. The molecule has 2 aromatic rings. The minimum absolute atomic E-state index is 0.0162. The first-order chi connectivity index (χ1) is 9.83. The van der Waals surface area contributed by atoms with Gasteiger partial charge in [0.2, 0.25) is 0 Å². The summed E-state index contributed by atoms with van der Waals surface area (Å²) in [5.41, 5.74) is 0.0133. The molecule has 21 heavy (non-hydrogen) atoms. The number of benzene rings is 1. The van der Waals surface area contributed by atoms with Crippen molar-refractivity contribution in [1.82, 2.24) is 0 Å². The number of nitrogens with zero attached hydrogens (tertiary/aromatic N) is 1. The Bertz CT molecular complexity index is 852. The Morgan fingerprint density at radius 2 is 2.05 bits per heavy atom. The summed E-state index contributed by atoms with van der Waals surface area (Å²) in [6.07, 6.45) is 0. The van der Waals surface area contributed by atoms with Crippen LogP contribution in [0.4, 0.5) is 5.69 Å². The molecule has 2 N–H and O–H groups in total. The van der Waals surface area contributed by atoms with E-state index in [-0.39, 0.29) is 25.4 Å². The molecular formula is C12H7ClN2O4S2. The molecule has 0 aliphatic heterocycles. The Balaban J connectivity index is 2.31. The van der Waals surface area contributed by atoms with E-state index in [4.69, 9.17) is 22.0 Å². The Hall–Kier alpha value is -2.08. The van der Waals surface area contributed by atoms with E-state index in [0.717, 1.165) is 11.3 Å². The molecule has 9 heteroatoms. The highest BCUT2D eigenvalue weighted by Crippen LogP contribution is 2.26. The van der Waals surface area contributed by atoms with Crippen molar-refractivity contribution in [3.63, 3.8) is 0 Å². The van der Waals surface area contributed by atoms with Crippen LogP contribution in [-0.2, 0) is 10.0 Å². The lowest BCUT2D eigenvalue weighted by Gasteiger charge is -2.07. The number of hydrogen-bond donors (Lipinski definition) is 2. The summed E-state index contributed by atoms with van der Waals surface area (Å²) >= 11 is 6.60. The van der Waals surface area contributed by atoms with Crippen LogP contribution >= 0.6 is 22.9 Å². The number of thiophene rings is 1. The van der Waals surface area contributed by atoms with Crippen molar-refractivity contribution in [2.24, 2.45) is 0 Å². The summed E-state index contributed by atoms with van der Waals surface area (Å²) in [6.45, 7) is 0. The maximum atomic E-state index is 12.1. The Kier molecular flexibility index (Phi) is 4.18. The normalized spacial score (nSPS) is 10.9. The molecular weight excluding hydrogens is 336 g/mol. The van der Waals surface area contributed by atoms with E-state index in [0.29, 0.717) is 0 Å². The van der Waals surface area contributed by atoms with Gasteiger partial charge < -0.3 is 5.11 Å². The second-order valence-corrected chi connectivity index (χ2v) is 7.24. The molecule has 0 saturated heterocycles. The fourth-order valence-corrected chi connectivity index (χ4v) is 3.90. The second kappa shape index (κ2) is 5.73. The zero-order valence-corrected chi connectivity index (χ0v) is 12.6. The molecule has 6 nitrogen and oxygen atoms in total. The second-order valence-electron chi connectivity index (χ2n) is 3.84. The molecule has 0 atom stereocenters. The number of hydrogen-bond acceptors (Lipinski definition) is 5. The molecule has 1 heterocycles. The molecule has 1 aromatic carbocycles. The van der Waals surface area contributed by atoms with Crippen molar-refractivity contribution < 1.29 is 18.3 Å². The van der Waals surface area contributed by atoms with Crippen molar-refractivity contribution in [1.29, 1.82) is 5.26 Å². The number of nitrogens with one attached hydrogen (secondary N) is 1. The highest BCUT2D eigenvalue weighted by molar-refractivity contribution is 7.94. The van der Waals surface area contributed by atoms with Crippen LogP contribution in [0.15, 0.2) is 34.5 Å². The van der Waals surface area contributed by atoms with Crippen molar-refractivity contribution in [2.75, 3.05) is 4.72 Å². The average Bonchev–Trinajstić information content (AvgIpc) is 2.87. The van der Waals surface area contributed by atoms with Gasteiger partial charge in [-0.15, -0.1) is 11.3 Å². The van der Waals surface area contributed by atoms with Crippen LogP contribution in [0.3, 0.4) is 0 Å². The monoisotopic (exact) mass is 342 g/mol. The largest absolute Gasteiger partial charge is 0.478 e. The first-order valence-corrected chi connectivity index (χ1v) is 8.07. The van der Waals surface area contributed by atoms with Crippen LogP contribution in [0.2, 0.25) is 5.02 Å². The van der Waals surface area contributed by atoms with Crippen LogP contribution in [-0.4, -0.2) is 19.5 Å². The topological polar surface area (TPSA) is 107 Å². The van der Waals surface area contributed by atoms with Crippen molar-refractivity contribution in [3.8, 4) is 6.07 Å². The van der Waals surface area contributed by atoms with Crippen molar-refractivity contribution in [3.05, 3.63) is 45.8 Å². The van der Waals surface area contributed by atoms with Gasteiger partial charge in [-0.05, 0) is 30.3 Å². The van der Waals surface area contributed by atoms with E-state index in [1.807, 2.05) is 6.07 Å². The van der Waals surface area contributed by atoms with Crippen LogP contribution in [0.5, 0.6) is 0 Å². The SMILES string of the molecule is N#Cc1ccc(S(=O)(=O)Nc2ccc(C(=O)O)c(Cl)c2)s1. The molecule has 0 bridgehead atoms. The van der Waals surface area contributed by atoms with Crippen molar-refractivity contribution >= 4 is 44.6 Å². The van der Waals surface area contributed by atoms with E-state index in [1.165, 1.54) is 30.3 Å². The molecule has 0 radical (unpaired) electrons. The van der Waals surface area contributed by atoms with Gasteiger partial charge in [0.1, 0.15) is 15.2 Å². The van der Waals surface area contributed by atoms with Gasteiger partial charge >= 0.3 is 5.97 Å². The lowest BCUT2D eigenvalue weighted by atomic mass is 10.2. The third-order valence-electron chi connectivity index (χ3n) is 2.41. The highest BCUT2D eigenvalue weighted by Gasteiger charge is 2.18.